The van der Waals surface area contributed by atoms with Gasteiger partial charge in [-0.15, -0.1) is 0 Å². The highest BCUT2D eigenvalue weighted by atomic mass is 16.5. The molecule has 0 saturated heterocycles. The van der Waals surface area contributed by atoms with Crippen LogP contribution >= 0.6 is 0 Å². The van der Waals surface area contributed by atoms with Crippen LogP contribution in [0.2, 0.25) is 0 Å². The van der Waals surface area contributed by atoms with E-state index >= 15 is 0 Å². The summed E-state index contributed by atoms with van der Waals surface area (Å²) in [6.07, 6.45) is 0. The van der Waals surface area contributed by atoms with Gasteiger partial charge in [0.25, 0.3) is 0 Å². The van der Waals surface area contributed by atoms with Crippen molar-refractivity contribution < 1.29 is 9.15 Å². The van der Waals surface area contributed by atoms with Crippen LogP contribution < -0.4 is 15.4 Å². The SMILES string of the molecule is Cc1ccc(CN(C)c2ccc(N)c(OC(C)(C)C)n2)o1. The van der Waals surface area contributed by atoms with Crippen LogP contribution in [0.3, 0.4) is 0 Å². The van der Waals surface area contributed by atoms with E-state index in [9.17, 15) is 0 Å². The van der Waals surface area contributed by atoms with E-state index in [4.69, 9.17) is 14.9 Å². The van der Waals surface area contributed by atoms with Gasteiger partial charge in [0, 0.05) is 7.05 Å². The zero-order valence-electron chi connectivity index (χ0n) is 13.3. The summed E-state index contributed by atoms with van der Waals surface area (Å²) in [4.78, 5) is 6.49. The molecule has 2 rings (SSSR count). The first-order valence-corrected chi connectivity index (χ1v) is 6.96. The normalized spacial score (nSPS) is 11.5. The molecule has 2 aromatic heterocycles. The lowest BCUT2D eigenvalue weighted by molar-refractivity contribution is 0.125. The van der Waals surface area contributed by atoms with Gasteiger partial charge in [0.1, 0.15) is 22.9 Å². The van der Waals surface area contributed by atoms with Gasteiger partial charge < -0.3 is 19.8 Å². The third kappa shape index (κ3) is 4.15. The number of rotatable bonds is 4. The van der Waals surface area contributed by atoms with E-state index < -0.39 is 0 Å². The number of hydrogen-bond donors (Lipinski definition) is 1. The maximum absolute atomic E-state index is 5.93. The largest absolute Gasteiger partial charge is 0.470 e. The van der Waals surface area contributed by atoms with E-state index in [1.807, 2.05) is 63.9 Å². The molecule has 0 aromatic carbocycles. The molecular weight excluding hydrogens is 266 g/mol. The second kappa shape index (κ2) is 5.68. The Bertz CT molecular complexity index is 614. The number of pyridine rings is 1. The number of anilines is 2. The summed E-state index contributed by atoms with van der Waals surface area (Å²) < 4.78 is 11.4. The molecule has 0 spiro atoms. The lowest BCUT2D eigenvalue weighted by atomic mass is 10.2. The highest BCUT2D eigenvalue weighted by molar-refractivity contribution is 5.54. The minimum atomic E-state index is -0.337. The number of ether oxygens (including phenoxy) is 1. The highest BCUT2D eigenvalue weighted by Crippen LogP contribution is 2.26. The average molecular weight is 289 g/mol. The van der Waals surface area contributed by atoms with Crippen LogP contribution in [0.1, 0.15) is 32.3 Å². The Hall–Kier alpha value is -2.17. The molecule has 0 aliphatic rings. The molecule has 5 nitrogen and oxygen atoms in total. The van der Waals surface area contributed by atoms with E-state index in [0.717, 1.165) is 17.3 Å². The predicted octanol–water partition coefficient (Wildman–Crippen LogP) is 3.38. The number of nitrogens with zero attached hydrogens (tertiary/aromatic N) is 2. The van der Waals surface area contributed by atoms with E-state index in [0.29, 0.717) is 18.1 Å². The molecule has 0 fully saturated rings. The maximum Gasteiger partial charge on any atom is 0.239 e. The Labute approximate surface area is 125 Å². The molecule has 114 valence electrons. The quantitative estimate of drug-likeness (QED) is 0.934. The third-order valence-corrected chi connectivity index (χ3v) is 2.86. The van der Waals surface area contributed by atoms with Gasteiger partial charge in [0.15, 0.2) is 0 Å². The zero-order valence-corrected chi connectivity index (χ0v) is 13.3. The minimum Gasteiger partial charge on any atom is -0.470 e. The van der Waals surface area contributed by atoms with E-state index in [1.54, 1.807) is 0 Å². The average Bonchev–Trinajstić information content (AvgIpc) is 2.75. The first kappa shape index (κ1) is 15.2. The van der Waals surface area contributed by atoms with E-state index in [1.165, 1.54) is 0 Å². The van der Waals surface area contributed by atoms with Gasteiger partial charge in [-0.1, -0.05) is 0 Å². The Kier molecular flexibility index (Phi) is 4.11. The van der Waals surface area contributed by atoms with Gasteiger partial charge in [-0.05, 0) is 52.0 Å². The van der Waals surface area contributed by atoms with Crippen molar-refractivity contribution in [3.63, 3.8) is 0 Å². The summed E-state index contributed by atoms with van der Waals surface area (Å²) >= 11 is 0. The monoisotopic (exact) mass is 289 g/mol. The summed E-state index contributed by atoms with van der Waals surface area (Å²) in [5.74, 6) is 3.05. The number of hydrogen-bond acceptors (Lipinski definition) is 5. The molecule has 0 aliphatic carbocycles. The second-order valence-corrected chi connectivity index (χ2v) is 6.15. The van der Waals surface area contributed by atoms with Crippen LogP contribution in [-0.4, -0.2) is 17.6 Å². The Morgan fingerprint density at radius 1 is 1.24 bits per heavy atom. The maximum atomic E-state index is 5.93. The Morgan fingerprint density at radius 3 is 2.52 bits per heavy atom. The van der Waals surface area contributed by atoms with Crippen LogP contribution in [-0.2, 0) is 6.54 Å². The molecule has 21 heavy (non-hydrogen) atoms. The fraction of sp³-hybridized carbons (Fsp3) is 0.438. The fourth-order valence-electron chi connectivity index (χ4n) is 1.91. The topological polar surface area (TPSA) is 64.5 Å². The molecule has 2 N–H and O–H groups in total. The fourth-order valence-corrected chi connectivity index (χ4v) is 1.91. The van der Waals surface area contributed by atoms with Crippen LogP contribution in [0.15, 0.2) is 28.7 Å². The number of nitrogen functional groups attached to an aromatic ring is 1. The highest BCUT2D eigenvalue weighted by Gasteiger charge is 2.16. The molecule has 0 atom stereocenters. The molecular formula is C16H23N3O2. The second-order valence-electron chi connectivity index (χ2n) is 6.15. The van der Waals surface area contributed by atoms with Crippen molar-refractivity contribution in [2.45, 2.75) is 39.8 Å². The van der Waals surface area contributed by atoms with E-state index in [-0.39, 0.29) is 5.60 Å². The standard InChI is InChI=1S/C16H23N3O2/c1-11-6-7-12(20-11)10-19(5)14-9-8-13(17)15(18-14)21-16(2,3)4/h6-9H,10,17H2,1-5H3. The van der Waals surface area contributed by atoms with Crippen LogP contribution in [0.5, 0.6) is 5.88 Å². The molecule has 0 amide bonds. The van der Waals surface area contributed by atoms with E-state index in [2.05, 4.69) is 4.98 Å². The van der Waals surface area contributed by atoms with Gasteiger partial charge >= 0.3 is 0 Å². The Morgan fingerprint density at radius 2 is 1.95 bits per heavy atom. The zero-order chi connectivity index (χ0) is 15.6. The number of nitrogens with two attached hydrogens (primary N) is 1. The van der Waals surface area contributed by atoms with Crippen LogP contribution in [0, 0.1) is 6.92 Å². The lowest BCUT2D eigenvalue weighted by Crippen LogP contribution is -2.25. The van der Waals surface area contributed by atoms with Crippen molar-refractivity contribution in [3.05, 3.63) is 35.8 Å². The van der Waals surface area contributed by atoms with Gasteiger partial charge in [-0.2, -0.15) is 4.98 Å². The smallest absolute Gasteiger partial charge is 0.239 e. The number of aryl methyl sites for hydroxylation is 1. The lowest BCUT2D eigenvalue weighted by Gasteiger charge is -2.23. The molecule has 2 aromatic rings. The van der Waals surface area contributed by atoms with Crippen molar-refractivity contribution in [2.24, 2.45) is 0 Å². The van der Waals surface area contributed by atoms with Crippen molar-refractivity contribution in [1.29, 1.82) is 0 Å². The van der Waals surface area contributed by atoms with Gasteiger partial charge in [-0.3, -0.25) is 0 Å². The van der Waals surface area contributed by atoms with Crippen LogP contribution in [0.4, 0.5) is 11.5 Å². The number of aromatic nitrogens is 1. The summed E-state index contributed by atoms with van der Waals surface area (Å²) in [6.45, 7) is 8.47. The molecule has 0 radical (unpaired) electrons. The minimum absolute atomic E-state index is 0.337. The third-order valence-electron chi connectivity index (χ3n) is 2.86. The summed E-state index contributed by atoms with van der Waals surface area (Å²) in [5, 5.41) is 0. The van der Waals surface area contributed by atoms with Gasteiger partial charge in [-0.25, -0.2) is 0 Å². The molecule has 2 heterocycles. The van der Waals surface area contributed by atoms with Crippen molar-refractivity contribution in [1.82, 2.24) is 4.98 Å². The van der Waals surface area contributed by atoms with Crippen molar-refractivity contribution in [3.8, 4) is 5.88 Å². The summed E-state index contributed by atoms with van der Waals surface area (Å²) in [7, 11) is 1.96. The molecule has 0 aliphatic heterocycles. The predicted molar refractivity (Wildman–Crippen MR) is 84.6 cm³/mol. The van der Waals surface area contributed by atoms with Crippen molar-refractivity contribution >= 4 is 11.5 Å². The summed E-state index contributed by atoms with van der Waals surface area (Å²) in [5.41, 5.74) is 6.13. The van der Waals surface area contributed by atoms with Crippen molar-refractivity contribution in [2.75, 3.05) is 17.7 Å². The van der Waals surface area contributed by atoms with Crippen LogP contribution in [0.25, 0.3) is 0 Å². The first-order chi connectivity index (χ1) is 9.74. The Balaban J connectivity index is 2.17. The molecule has 0 saturated carbocycles. The number of furan rings is 1. The first-order valence-electron chi connectivity index (χ1n) is 6.96. The molecule has 0 bridgehead atoms. The summed E-state index contributed by atoms with van der Waals surface area (Å²) in [6, 6.07) is 7.61. The van der Waals surface area contributed by atoms with Gasteiger partial charge in [0.2, 0.25) is 5.88 Å². The molecule has 0 unspecified atom stereocenters. The van der Waals surface area contributed by atoms with Gasteiger partial charge in [0.05, 0.1) is 12.2 Å². The molecule has 5 heteroatoms.